The van der Waals surface area contributed by atoms with E-state index in [0.717, 1.165) is 24.2 Å². The van der Waals surface area contributed by atoms with Crippen LogP contribution in [0, 0.1) is 13.8 Å². The van der Waals surface area contributed by atoms with E-state index in [1.807, 2.05) is 6.07 Å². The Bertz CT molecular complexity index is 366. The van der Waals surface area contributed by atoms with Crippen LogP contribution in [0.3, 0.4) is 0 Å². The van der Waals surface area contributed by atoms with E-state index in [1.54, 1.807) is 7.11 Å². The molecule has 0 saturated heterocycles. The summed E-state index contributed by atoms with van der Waals surface area (Å²) in [6.45, 7) is 9.36. The predicted octanol–water partition coefficient (Wildman–Crippen LogP) is 2.31. The molecule has 0 bridgehead atoms. The molecule has 1 rings (SSSR count). The molecular weight excluding hydrogens is 226 g/mol. The maximum atomic E-state index is 10.3. The van der Waals surface area contributed by atoms with Gasteiger partial charge in [0.15, 0.2) is 0 Å². The van der Waals surface area contributed by atoms with Crippen LogP contribution < -0.4 is 0 Å². The molecule has 0 fully saturated rings. The molecule has 0 saturated carbocycles. The van der Waals surface area contributed by atoms with Crippen molar-refractivity contribution in [3.05, 3.63) is 34.9 Å². The van der Waals surface area contributed by atoms with Crippen molar-refractivity contribution in [1.82, 2.24) is 4.90 Å². The molecule has 0 heterocycles. The fourth-order valence-electron chi connectivity index (χ4n) is 2.14. The van der Waals surface area contributed by atoms with Crippen LogP contribution in [0.25, 0.3) is 0 Å². The number of hydrogen-bond acceptors (Lipinski definition) is 3. The Kier molecular flexibility index (Phi) is 6.33. The summed E-state index contributed by atoms with van der Waals surface area (Å²) in [4.78, 5) is 2.20. The Labute approximate surface area is 110 Å². The van der Waals surface area contributed by atoms with Gasteiger partial charge in [-0.2, -0.15) is 0 Å². The lowest BCUT2D eigenvalue weighted by atomic mass is 10.0. The number of aliphatic hydroxyl groups is 1. The van der Waals surface area contributed by atoms with Crippen molar-refractivity contribution in [1.29, 1.82) is 0 Å². The molecule has 0 aromatic heterocycles. The molecule has 1 aromatic rings. The van der Waals surface area contributed by atoms with Crippen LogP contribution in [-0.4, -0.2) is 43.4 Å². The van der Waals surface area contributed by atoms with E-state index >= 15 is 0 Å². The minimum Gasteiger partial charge on any atom is -0.387 e. The van der Waals surface area contributed by atoms with Gasteiger partial charge in [0.05, 0.1) is 12.7 Å². The van der Waals surface area contributed by atoms with Gasteiger partial charge < -0.3 is 9.84 Å². The average molecular weight is 251 g/mol. The van der Waals surface area contributed by atoms with Crippen LogP contribution in [-0.2, 0) is 4.74 Å². The number of methoxy groups -OCH3 is 1. The molecule has 0 aliphatic carbocycles. The van der Waals surface area contributed by atoms with Crippen molar-refractivity contribution in [2.45, 2.75) is 26.9 Å². The van der Waals surface area contributed by atoms with Gasteiger partial charge in [0.25, 0.3) is 0 Å². The second-order valence-electron chi connectivity index (χ2n) is 4.76. The van der Waals surface area contributed by atoms with Crippen molar-refractivity contribution in [2.24, 2.45) is 0 Å². The third kappa shape index (κ3) is 4.41. The molecule has 1 N–H and O–H groups in total. The predicted molar refractivity (Wildman–Crippen MR) is 74.9 cm³/mol. The molecule has 18 heavy (non-hydrogen) atoms. The Hall–Kier alpha value is -0.900. The molecule has 102 valence electrons. The normalized spacial score (nSPS) is 13.0. The lowest BCUT2D eigenvalue weighted by Gasteiger charge is -2.24. The molecule has 0 spiro atoms. The standard InChI is InChI=1S/C15H25NO2/c1-5-16(8-9-18-4)11-15(17)14-7-6-12(2)10-13(14)3/h6-7,10,15,17H,5,8-9,11H2,1-4H3. The highest BCUT2D eigenvalue weighted by Gasteiger charge is 2.14. The zero-order chi connectivity index (χ0) is 13.5. The monoisotopic (exact) mass is 251 g/mol. The molecule has 3 nitrogen and oxygen atoms in total. The topological polar surface area (TPSA) is 32.7 Å². The second kappa shape index (κ2) is 7.52. The number of ether oxygens (including phenoxy) is 1. The van der Waals surface area contributed by atoms with E-state index in [-0.39, 0.29) is 0 Å². The fourth-order valence-corrected chi connectivity index (χ4v) is 2.14. The minimum atomic E-state index is -0.428. The molecule has 1 atom stereocenters. The smallest absolute Gasteiger partial charge is 0.0919 e. The van der Waals surface area contributed by atoms with Gasteiger partial charge in [0.1, 0.15) is 0 Å². The summed E-state index contributed by atoms with van der Waals surface area (Å²) in [5.41, 5.74) is 3.41. The van der Waals surface area contributed by atoms with Gasteiger partial charge in [0, 0.05) is 20.2 Å². The van der Waals surface area contributed by atoms with Crippen LogP contribution >= 0.6 is 0 Å². The fraction of sp³-hybridized carbons (Fsp3) is 0.600. The summed E-state index contributed by atoms with van der Waals surface area (Å²) in [7, 11) is 1.70. The third-order valence-electron chi connectivity index (χ3n) is 3.27. The van der Waals surface area contributed by atoms with Gasteiger partial charge >= 0.3 is 0 Å². The molecule has 3 heteroatoms. The summed E-state index contributed by atoms with van der Waals surface area (Å²) in [5.74, 6) is 0. The zero-order valence-corrected chi connectivity index (χ0v) is 11.9. The van der Waals surface area contributed by atoms with E-state index in [2.05, 4.69) is 37.8 Å². The van der Waals surface area contributed by atoms with Gasteiger partial charge in [-0.25, -0.2) is 0 Å². The summed E-state index contributed by atoms with van der Waals surface area (Å²) in [6.07, 6.45) is -0.428. The Morgan fingerprint density at radius 1 is 1.33 bits per heavy atom. The van der Waals surface area contributed by atoms with Gasteiger partial charge in [-0.15, -0.1) is 0 Å². The second-order valence-corrected chi connectivity index (χ2v) is 4.76. The van der Waals surface area contributed by atoms with E-state index in [1.165, 1.54) is 5.56 Å². The van der Waals surface area contributed by atoms with Gasteiger partial charge in [0.2, 0.25) is 0 Å². The lowest BCUT2D eigenvalue weighted by Crippen LogP contribution is -2.31. The molecule has 0 aliphatic rings. The minimum absolute atomic E-state index is 0.428. The number of benzene rings is 1. The van der Waals surface area contributed by atoms with Crippen molar-refractivity contribution in [2.75, 3.05) is 33.4 Å². The highest BCUT2D eigenvalue weighted by atomic mass is 16.5. The maximum absolute atomic E-state index is 10.3. The van der Waals surface area contributed by atoms with Crippen molar-refractivity contribution in [3.8, 4) is 0 Å². The van der Waals surface area contributed by atoms with E-state index < -0.39 is 6.10 Å². The first kappa shape index (κ1) is 15.2. The number of likely N-dealkylation sites (N-methyl/N-ethyl adjacent to an activating group) is 1. The molecule has 0 aliphatic heterocycles. The third-order valence-corrected chi connectivity index (χ3v) is 3.27. The van der Waals surface area contributed by atoms with Crippen molar-refractivity contribution >= 4 is 0 Å². The first-order valence-corrected chi connectivity index (χ1v) is 6.55. The first-order valence-electron chi connectivity index (χ1n) is 6.55. The van der Waals surface area contributed by atoms with Crippen LogP contribution in [0.1, 0.15) is 29.7 Å². The summed E-state index contributed by atoms with van der Waals surface area (Å²) < 4.78 is 5.08. The summed E-state index contributed by atoms with van der Waals surface area (Å²) in [6, 6.07) is 6.19. The van der Waals surface area contributed by atoms with Crippen LogP contribution in [0.4, 0.5) is 0 Å². The number of rotatable bonds is 7. The number of hydrogen-bond donors (Lipinski definition) is 1. The van der Waals surface area contributed by atoms with E-state index in [9.17, 15) is 5.11 Å². The molecule has 1 unspecified atom stereocenters. The highest BCUT2D eigenvalue weighted by molar-refractivity contribution is 5.32. The number of nitrogens with zero attached hydrogens (tertiary/aromatic N) is 1. The van der Waals surface area contributed by atoms with Gasteiger partial charge in [-0.1, -0.05) is 30.7 Å². The lowest BCUT2D eigenvalue weighted by molar-refractivity contribution is 0.0917. The van der Waals surface area contributed by atoms with Crippen LogP contribution in [0.2, 0.25) is 0 Å². The summed E-state index contributed by atoms with van der Waals surface area (Å²) >= 11 is 0. The van der Waals surface area contributed by atoms with E-state index in [0.29, 0.717) is 13.2 Å². The Morgan fingerprint density at radius 2 is 2.06 bits per heavy atom. The Balaban J connectivity index is 2.65. The van der Waals surface area contributed by atoms with Crippen LogP contribution in [0.15, 0.2) is 18.2 Å². The number of aliphatic hydroxyl groups excluding tert-OH is 1. The Morgan fingerprint density at radius 3 is 2.61 bits per heavy atom. The summed E-state index contributed by atoms with van der Waals surface area (Å²) in [5, 5.41) is 10.3. The SMILES string of the molecule is CCN(CCOC)CC(O)c1ccc(C)cc1C. The number of aryl methyl sites for hydroxylation is 2. The van der Waals surface area contributed by atoms with E-state index in [4.69, 9.17) is 4.74 Å². The molecule has 0 amide bonds. The first-order chi connectivity index (χ1) is 8.58. The van der Waals surface area contributed by atoms with Crippen LogP contribution in [0.5, 0.6) is 0 Å². The quantitative estimate of drug-likeness (QED) is 0.807. The molecule has 0 radical (unpaired) electrons. The average Bonchev–Trinajstić information content (AvgIpc) is 2.34. The maximum Gasteiger partial charge on any atom is 0.0919 e. The van der Waals surface area contributed by atoms with Crippen molar-refractivity contribution in [3.63, 3.8) is 0 Å². The van der Waals surface area contributed by atoms with Gasteiger partial charge in [-0.05, 0) is 31.5 Å². The largest absolute Gasteiger partial charge is 0.387 e. The zero-order valence-electron chi connectivity index (χ0n) is 11.9. The van der Waals surface area contributed by atoms with Gasteiger partial charge in [-0.3, -0.25) is 4.90 Å². The molecular formula is C15H25NO2. The molecule has 1 aromatic carbocycles. The highest BCUT2D eigenvalue weighted by Crippen LogP contribution is 2.19. The van der Waals surface area contributed by atoms with Crippen molar-refractivity contribution < 1.29 is 9.84 Å².